The van der Waals surface area contributed by atoms with Crippen LogP contribution in [0.5, 0.6) is 0 Å². The molecule has 86 valence electrons. The van der Waals surface area contributed by atoms with Crippen LogP contribution in [0.1, 0.15) is 5.56 Å². The van der Waals surface area contributed by atoms with Crippen LogP contribution in [0.3, 0.4) is 0 Å². The summed E-state index contributed by atoms with van der Waals surface area (Å²) in [6, 6.07) is 8.23. The fraction of sp³-hybridized carbons (Fsp3) is 0. The fourth-order valence-electron chi connectivity index (χ4n) is 1.68. The van der Waals surface area contributed by atoms with Crippen LogP contribution in [0.4, 0.5) is 4.39 Å². The second kappa shape index (κ2) is 3.89. The molecular weight excluding hydrogens is 233 g/mol. The molecule has 3 rings (SSSR count). The van der Waals surface area contributed by atoms with Gasteiger partial charge in [-0.2, -0.15) is 5.26 Å². The highest BCUT2D eigenvalue weighted by Gasteiger charge is 2.13. The molecule has 0 saturated carbocycles. The molecule has 6 heteroatoms. The minimum Gasteiger partial charge on any atom is -0.234 e. The fourth-order valence-corrected chi connectivity index (χ4v) is 1.68. The van der Waals surface area contributed by atoms with E-state index in [1.165, 1.54) is 23.0 Å². The van der Waals surface area contributed by atoms with Crippen LogP contribution >= 0.6 is 0 Å². The third kappa shape index (κ3) is 1.50. The minimum atomic E-state index is -0.383. The molecule has 5 nitrogen and oxygen atoms in total. The monoisotopic (exact) mass is 239 g/mol. The van der Waals surface area contributed by atoms with E-state index in [1.807, 2.05) is 6.07 Å². The first-order valence-corrected chi connectivity index (χ1v) is 5.15. The molecule has 0 spiro atoms. The van der Waals surface area contributed by atoms with Gasteiger partial charge in [0.15, 0.2) is 5.65 Å². The van der Waals surface area contributed by atoms with Crippen molar-refractivity contribution in [2.45, 2.75) is 0 Å². The Morgan fingerprint density at radius 3 is 2.89 bits per heavy atom. The van der Waals surface area contributed by atoms with Crippen molar-refractivity contribution < 1.29 is 4.39 Å². The van der Waals surface area contributed by atoms with E-state index in [1.54, 1.807) is 18.2 Å². The van der Waals surface area contributed by atoms with Crippen LogP contribution in [-0.4, -0.2) is 19.8 Å². The van der Waals surface area contributed by atoms with E-state index >= 15 is 0 Å². The number of rotatable bonds is 1. The molecular formula is C12H6FN5. The first-order valence-electron chi connectivity index (χ1n) is 5.15. The van der Waals surface area contributed by atoms with Crippen LogP contribution in [0, 0.1) is 17.1 Å². The molecule has 0 radical (unpaired) electrons. The van der Waals surface area contributed by atoms with Crippen LogP contribution in [0.25, 0.3) is 16.9 Å². The van der Waals surface area contributed by atoms with Gasteiger partial charge in [-0.1, -0.05) is 17.3 Å². The lowest BCUT2D eigenvalue weighted by Crippen LogP contribution is -1.92. The third-order valence-electron chi connectivity index (χ3n) is 2.52. The molecule has 0 bridgehead atoms. The van der Waals surface area contributed by atoms with Gasteiger partial charge in [-0.15, -0.1) is 5.10 Å². The summed E-state index contributed by atoms with van der Waals surface area (Å²) in [5.74, 6) is -0.383. The Bertz CT molecular complexity index is 771. The zero-order valence-electron chi connectivity index (χ0n) is 9.08. The third-order valence-corrected chi connectivity index (χ3v) is 2.52. The second-order valence-corrected chi connectivity index (χ2v) is 3.64. The normalized spacial score (nSPS) is 10.4. The van der Waals surface area contributed by atoms with Crippen molar-refractivity contribution in [1.29, 1.82) is 5.26 Å². The number of hydrogen-bond acceptors (Lipinski definition) is 4. The smallest absolute Gasteiger partial charge is 0.183 e. The molecule has 0 aliphatic heterocycles. The van der Waals surface area contributed by atoms with Gasteiger partial charge in [0.05, 0.1) is 11.8 Å². The van der Waals surface area contributed by atoms with Gasteiger partial charge in [-0.25, -0.2) is 13.9 Å². The number of nitriles is 1. The number of nitrogens with zero attached hydrogens (tertiary/aromatic N) is 5. The van der Waals surface area contributed by atoms with Gasteiger partial charge >= 0.3 is 0 Å². The van der Waals surface area contributed by atoms with Gasteiger partial charge in [0.25, 0.3) is 0 Å². The molecule has 0 fully saturated rings. The first kappa shape index (κ1) is 10.4. The van der Waals surface area contributed by atoms with Crippen LogP contribution < -0.4 is 0 Å². The Kier molecular flexibility index (Phi) is 2.24. The average molecular weight is 239 g/mol. The molecule has 18 heavy (non-hydrogen) atoms. The highest BCUT2D eigenvalue weighted by atomic mass is 19.1. The van der Waals surface area contributed by atoms with E-state index in [0.717, 1.165) is 0 Å². The SMILES string of the molecule is N#Cc1cnc2c(-c3ccccc3F)nnn2c1. The van der Waals surface area contributed by atoms with Crippen LogP contribution in [0.15, 0.2) is 36.7 Å². The van der Waals surface area contributed by atoms with Gasteiger partial charge in [0.2, 0.25) is 0 Å². The summed E-state index contributed by atoms with van der Waals surface area (Å²) in [6.07, 6.45) is 2.91. The Balaban J connectivity index is 2.26. The minimum absolute atomic E-state index is 0.338. The summed E-state index contributed by atoms with van der Waals surface area (Å²) in [6.45, 7) is 0. The van der Waals surface area contributed by atoms with Crippen molar-refractivity contribution in [2.24, 2.45) is 0 Å². The molecule has 0 saturated heterocycles. The molecule has 0 aliphatic carbocycles. The highest BCUT2D eigenvalue weighted by Crippen LogP contribution is 2.23. The maximum absolute atomic E-state index is 13.7. The standard InChI is InChI=1S/C12H6FN5/c13-10-4-2-1-3-9(10)11-12-15-6-8(5-14)7-18(12)17-16-11/h1-4,6-7H. The molecule has 2 heterocycles. The Hall–Kier alpha value is -2.81. The van der Waals surface area contributed by atoms with E-state index in [-0.39, 0.29) is 5.82 Å². The predicted octanol–water partition coefficient (Wildman–Crippen LogP) is 1.80. The largest absolute Gasteiger partial charge is 0.234 e. The molecule has 3 aromatic rings. The van der Waals surface area contributed by atoms with Crippen molar-refractivity contribution in [3.63, 3.8) is 0 Å². The van der Waals surface area contributed by atoms with E-state index < -0.39 is 0 Å². The summed E-state index contributed by atoms with van der Waals surface area (Å²) >= 11 is 0. The summed E-state index contributed by atoms with van der Waals surface area (Å²) in [5.41, 5.74) is 1.48. The van der Waals surface area contributed by atoms with Gasteiger partial charge in [-0.3, -0.25) is 0 Å². The first-order chi connectivity index (χ1) is 8.79. The lowest BCUT2D eigenvalue weighted by atomic mass is 10.1. The van der Waals surface area contributed by atoms with Gasteiger partial charge < -0.3 is 0 Å². The van der Waals surface area contributed by atoms with Gasteiger partial charge in [0, 0.05) is 11.8 Å². The van der Waals surface area contributed by atoms with E-state index in [0.29, 0.717) is 22.5 Å². The van der Waals surface area contributed by atoms with Crippen molar-refractivity contribution >= 4 is 5.65 Å². The van der Waals surface area contributed by atoms with Crippen molar-refractivity contribution in [1.82, 2.24) is 19.8 Å². The number of fused-ring (bicyclic) bond motifs is 1. The molecule has 0 atom stereocenters. The molecule has 0 N–H and O–H groups in total. The molecule has 0 aliphatic rings. The molecule has 1 aromatic carbocycles. The summed E-state index contributed by atoms with van der Waals surface area (Å²) in [7, 11) is 0. The number of hydrogen-bond donors (Lipinski definition) is 0. The van der Waals surface area contributed by atoms with Gasteiger partial charge in [0.1, 0.15) is 17.6 Å². The number of benzene rings is 1. The van der Waals surface area contributed by atoms with Crippen molar-refractivity contribution in [3.05, 3.63) is 48.0 Å². The second-order valence-electron chi connectivity index (χ2n) is 3.64. The quantitative estimate of drug-likeness (QED) is 0.649. The van der Waals surface area contributed by atoms with Crippen molar-refractivity contribution in [3.8, 4) is 17.3 Å². The van der Waals surface area contributed by atoms with E-state index in [4.69, 9.17) is 5.26 Å². The summed E-state index contributed by atoms with van der Waals surface area (Å²) < 4.78 is 15.0. The number of aromatic nitrogens is 4. The van der Waals surface area contributed by atoms with Crippen LogP contribution in [0.2, 0.25) is 0 Å². The average Bonchev–Trinajstić information content (AvgIpc) is 2.82. The van der Waals surface area contributed by atoms with E-state index in [2.05, 4.69) is 15.3 Å². The Labute approximate surface area is 101 Å². The molecule has 2 aromatic heterocycles. The Morgan fingerprint density at radius 1 is 1.28 bits per heavy atom. The maximum atomic E-state index is 13.7. The number of halogens is 1. The van der Waals surface area contributed by atoms with Crippen LogP contribution in [-0.2, 0) is 0 Å². The van der Waals surface area contributed by atoms with E-state index in [9.17, 15) is 4.39 Å². The zero-order chi connectivity index (χ0) is 12.5. The topological polar surface area (TPSA) is 66.9 Å². The lowest BCUT2D eigenvalue weighted by molar-refractivity contribution is 0.630. The Morgan fingerprint density at radius 2 is 2.11 bits per heavy atom. The maximum Gasteiger partial charge on any atom is 0.183 e. The highest BCUT2D eigenvalue weighted by molar-refractivity contribution is 5.73. The lowest BCUT2D eigenvalue weighted by Gasteiger charge is -1.98. The van der Waals surface area contributed by atoms with Crippen molar-refractivity contribution in [2.75, 3.05) is 0 Å². The zero-order valence-corrected chi connectivity index (χ0v) is 9.08. The summed E-state index contributed by atoms with van der Waals surface area (Å²) in [4.78, 5) is 4.08. The predicted molar refractivity (Wildman–Crippen MR) is 60.9 cm³/mol. The summed E-state index contributed by atoms with van der Waals surface area (Å²) in [5, 5.41) is 16.5. The van der Waals surface area contributed by atoms with Gasteiger partial charge in [-0.05, 0) is 12.1 Å². The molecule has 0 amide bonds. The molecule has 0 unspecified atom stereocenters.